The number of ether oxygens (including phenoxy) is 2. The van der Waals surface area contributed by atoms with Gasteiger partial charge in [-0.1, -0.05) is 31.4 Å². The Balaban J connectivity index is 1.66. The summed E-state index contributed by atoms with van der Waals surface area (Å²) in [6, 6.07) is 12.1. The molecule has 1 aliphatic carbocycles. The molecule has 1 amide bonds. The first-order valence-electron chi connectivity index (χ1n) is 12.3. The van der Waals surface area contributed by atoms with Crippen molar-refractivity contribution in [2.75, 3.05) is 23.0 Å². The highest BCUT2D eigenvalue weighted by molar-refractivity contribution is 5.94. The molecule has 0 atom stereocenters. The summed E-state index contributed by atoms with van der Waals surface area (Å²) in [6.45, 7) is 7.85. The number of amides is 1. The summed E-state index contributed by atoms with van der Waals surface area (Å²) in [7, 11) is 0. The van der Waals surface area contributed by atoms with Crippen molar-refractivity contribution < 1.29 is 14.3 Å². The van der Waals surface area contributed by atoms with Crippen LogP contribution in [0.15, 0.2) is 36.4 Å². The number of benzene rings is 2. The maximum atomic E-state index is 12.3. The maximum absolute atomic E-state index is 12.3. The highest BCUT2D eigenvalue weighted by atomic mass is 16.6. The van der Waals surface area contributed by atoms with Crippen LogP contribution in [0, 0.1) is 0 Å². The molecule has 35 heavy (non-hydrogen) atoms. The monoisotopic (exact) mass is 477 g/mol. The molecule has 0 unspecified atom stereocenters. The number of nitrogen functional groups attached to an aromatic ring is 1. The van der Waals surface area contributed by atoms with Crippen molar-refractivity contribution in [1.29, 1.82) is 0 Å². The van der Waals surface area contributed by atoms with Gasteiger partial charge in [0.15, 0.2) is 0 Å². The number of carbonyl (C=O) groups is 1. The zero-order chi connectivity index (χ0) is 25.0. The van der Waals surface area contributed by atoms with Gasteiger partial charge in [0.25, 0.3) is 0 Å². The largest absolute Gasteiger partial charge is 0.492 e. The first-order valence-corrected chi connectivity index (χ1v) is 12.3. The molecule has 1 fully saturated rings. The molecule has 1 saturated carbocycles. The molecule has 0 saturated heterocycles. The number of rotatable bonds is 6. The first-order chi connectivity index (χ1) is 16.7. The number of nitrogens with zero attached hydrogens (tertiary/aromatic N) is 2. The molecule has 1 aromatic heterocycles. The summed E-state index contributed by atoms with van der Waals surface area (Å²) >= 11 is 0. The van der Waals surface area contributed by atoms with E-state index in [2.05, 4.69) is 26.7 Å². The van der Waals surface area contributed by atoms with Gasteiger partial charge in [-0.15, -0.1) is 0 Å². The van der Waals surface area contributed by atoms with E-state index in [1.807, 2.05) is 58.0 Å². The van der Waals surface area contributed by atoms with Crippen molar-refractivity contribution >= 4 is 34.4 Å². The Morgan fingerprint density at radius 2 is 1.77 bits per heavy atom. The molecule has 0 bridgehead atoms. The van der Waals surface area contributed by atoms with E-state index in [-0.39, 0.29) is 5.95 Å². The molecular weight excluding hydrogens is 442 g/mol. The average Bonchev–Trinajstić information content (AvgIpc) is 2.79. The smallest absolute Gasteiger partial charge is 0.412 e. The van der Waals surface area contributed by atoms with Crippen LogP contribution < -0.4 is 21.1 Å². The fraction of sp³-hybridized carbons (Fsp3) is 0.444. The normalized spacial score (nSPS) is 14.5. The van der Waals surface area contributed by atoms with Gasteiger partial charge in [-0.05, 0) is 75.9 Å². The van der Waals surface area contributed by atoms with Gasteiger partial charge >= 0.3 is 6.09 Å². The van der Waals surface area contributed by atoms with Crippen LogP contribution in [0.25, 0.3) is 22.0 Å². The van der Waals surface area contributed by atoms with Crippen LogP contribution >= 0.6 is 0 Å². The standard InChI is InChI=1S/C27H35N5O3/c1-5-34-23-16-18(12-14-22(23)31-26(33)35-27(2,3)4)17-11-13-21-20(15-17)24(32-25(28)30-21)29-19-9-7-6-8-10-19/h11-16,19H,5-10H2,1-4H3,(H,31,33)(H3,28,29,30,32). The topological polar surface area (TPSA) is 111 Å². The van der Waals surface area contributed by atoms with E-state index >= 15 is 0 Å². The molecule has 4 rings (SSSR count). The van der Waals surface area contributed by atoms with E-state index in [0.29, 0.717) is 24.1 Å². The molecule has 3 aromatic rings. The number of hydrogen-bond acceptors (Lipinski definition) is 7. The lowest BCUT2D eigenvalue weighted by atomic mass is 9.95. The number of nitrogens with two attached hydrogens (primary N) is 1. The highest BCUT2D eigenvalue weighted by Crippen LogP contribution is 2.34. The first kappa shape index (κ1) is 24.6. The Morgan fingerprint density at radius 3 is 2.49 bits per heavy atom. The van der Waals surface area contributed by atoms with E-state index in [9.17, 15) is 4.79 Å². The average molecular weight is 478 g/mol. The third-order valence-electron chi connectivity index (χ3n) is 5.91. The number of aromatic nitrogens is 2. The molecule has 0 spiro atoms. The molecule has 2 aromatic carbocycles. The van der Waals surface area contributed by atoms with Gasteiger partial charge in [-0.3, -0.25) is 5.32 Å². The summed E-state index contributed by atoms with van der Waals surface area (Å²) in [6.07, 6.45) is 5.49. The Bertz CT molecular complexity index is 1200. The van der Waals surface area contributed by atoms with Crippen LogP contribution in [-0.4, -0.2) is 34.3 Å². The Kier molecular flexibility index (Phi) is 7.28. The van der Waals surface area contributed by atoms with Gasteiger partial charge in [0, 0.05) is 11.4 Å². The minimum absolute atomic E-state index is 0.264. The zero-order valence-corrected chi connectivity index (χ0v) is 21.0. The van der Waals surface area contributed by atoms with Crippen LogP contribution in [0.5, 0.6) is 5.75 Å². The van der Waals surface area contributed by atoms with E-state index in [1.165, 1.54) is 19.3 Å². The summed E-state index contributed by atoms with van der Waals surface area (Å²) in [5.74, 6) is 1.61. The van der Waals surface area contributed by atoms with Crippen LogP contribution in [0.3, 0.4) is 0 Å². The van der Waals surface area contributed by atoms with Crippen LogP contribution in [0.1, 0.15) is 59.8 Å². The van der Waals surface area contributed by atoms with Gasteiger partial charge in [-0.2, -0.15) is 4.98 Å². The third kappa shape index (κ3) is 6.32. The summed E-state index contributed by atoms with van der Waals surface area (Å²) in [5.41, 5.74) is 8.71. The number of hydrogen-bond donors (Lipinski definition) is 3. The summed E-state index contributed by atoms with van der Waals surface area (Å²) in [5, 5.41) is 7.33. The molecule has 0 aliphatic heterocycles. The second kappa shape index (κ2) is 10.4. The Labute approximate surface area is 206 Å². The van der Waals surface area contributed by atoms with Crippen molar-refractivity contribution in [3.63, 3.8) is 0 Å². The number of nitrogens with one attached hydrogen (secondary N) is 2. The Hall–Kier alpha value is -3.55. The SMILES string of the molecule is CCOc1cc(-c2ccc3nc(N)nc(NC4CCCCC4)c3c2)ccc1NC(=O)OC(C)(C)C. The molecule has 0 radical (unpaired) electrons. The van der Waals surface area contributed by atoms with Crippen LogP contribution in [0.2, 0.25) is 0 Å². The molecule has 1 heterocycles. The lowest BCUT2D eigenvalue weighted by molar-refractivity contribution is 0.0635. The van der Waals surface area contributed by atoms with Crippen molar-refractivity contribution in [3.05, 3.63) is 36.4 Å². The lowest BCUT2D eigenvalue weighted by Gasteiger charge is -2.24. The van der Waals surface area contributed by atoms with Gasteiger partial charge in [-0.25, -0.2) is 9.78 Å². The van der Waals surface area contributed by atoms with E-state index < -0.39 is 11.7 Å². The third-order valence-corrected chi connectivity index (χ3v) is 5.91. The molecule has 4 N–H and O–H groups in total. The quantitative estimate of drug-likeness (QED) is 0.378. The minimum Gasteiger partial charge on any atom is -0.492 e. The summed E-state index contributed by atoms with van der Waals surface area (Å²) < 4.78 is 11.2. The number of fused-ring (bicyclic) bond motifs is 1. The summed E-state index contributed by atoms with van der Waals surface area (Å²) in [4.78, 5) is 21.2. The Morgan fingerprint density at radius 1 is 1.06 bits per heavy atom. The van der Waals surface area contributed by atoms with Gasteiger partial charge in [0.2, 0.25) is 5.95 Å². The van der Waals surface area contributed by atoms with Crippen molar-refractivity contribution in [2.45, 2.75) is 71.4 Å². The lowest BCUT2D eigenvalue weighted by Crippen LogP contribution is -2.27. The van der Waals surface area contributed by atoms with Crippen molar-refractivity contribution in [2.24, 2.45) is 0 Å². The maximum Gasteiger partial charge on any atom is 0.412 e. The van der Waals surface area contributed by atoms with Gasteiger partial charge in [0.1, 0.15) is 17.2 Å². The highest BCUT2D eigenvalue weighted by Gasteiger charge is 2.19. The van der Waals surface area contributed by atoms with Crippen LogP contribution in [0.4, 0.5) is 22.2 Å². The fourth-order valence-electron chi connectivity index (χ4n) is 4.37. The van der Waals surface area contributed by atoms with E-state index in [0.717, 1.165) is 40.7 Å². The predicted octanol–water partition coefficient (Wildman–Crippen LogP) is 6.37. The molecule has 186 valence electrons. The number of anilines is 3. The fourth-order valence-corrected chi connectivity index (χ4v) is 4.37. The molecular formula is C27H35N5O3. The second-order valence-electron chi connectivity index (χ2n) is 9.91. The minimum atomic E-state index is -0.588. The van der Waals surface area contributed by atoms with Crippen molar-refractivity contribution in [3.8, 4) is 16.9 Å². The second-order valence-corrected chi connectivity index (χ2v) is 9.91. The zero-order valence-electron chi connectivity index (χ0n) is 21.0. The van der Waals surface area contributed by atoms with Gasteiger partial charge < -0.3 is 20.5 Å². The van der Waals surface area contributed by atoms with Crippen molar-refractivity contribution in [1.82, 2.24) is 9.97 Å². The molecule has 8 heteroatoms. The van der Waals surface area contributed by atoms with E-state index in [4.69, 9.17) is 15.2 Å². The molecule has 8 nitrogen and oxygen atoms in total. The predicted molar refractivity (Wildman–Crippen MR) is 141 cm³/mol. The van der Waals surface area contributed by atoms with Gasteiger partial charge in [0.05, 0.1) is 17.8 Å². The van der Waals surface area contributed by atoms with Crippen LogP contribution in [-0.2, 0) is 4.74 Å². The molecule has 1 aliphatic rings. The number of carbonyl (C=O) groups excluding carboxylic acids is 1. The van der Waals surface area contributed by atoms with E-state index in [1.54, 1.807) is 0 Å².